The molecule has 0 bridgehead atoms. The highest BCUT2D eigenvalue weighted by Crippen LogP contribution is 2.65. The molecule has 4 unspecified atom stereocenters. The molecular weight excluding hydrogens is 280 g/mol. The van der Waals surface area contributed by atoms with E-state index in [4.69, 9.17) is 12.5 Å². The van der Waals surface area contributed by atoms with Gasteiger partial charge in [-0.2, -0.15) is 10.6 Å². The van der Waals surface area contributed by atoms with E-state index < -0.39 is 10.6 Å². The van der Waals surface area contributed by atoms with Crippen molar-refractivity contribution in [3.05, 3.63) is 0 Å². The van der Waals surface area contributed by atoms with Crippen molar-refractivity contribution < 1.29 is 12.5 Å². The van der Waals surface area contributed by atoms with E-state index in [0.29, 0.717) is 28.5 Å². The van der Waals surface area contributed by atoms with Crippen molar-refractivity contribution in [2.24, 2.45) is 0 Å². The normalized spacial score (nSPS) is 47.3. The van der Waals surface area contributed by atoms with E-state index in [9.17, 15) is 0 Å². The molecule has 0 aromatic heterocycles. The summed E-state index contributed by atoms with van der Waals surface area (Å²) < 4.78 is 18.4. The molecule has 0 amide bonds. The molecule has 0 aromatic rings. The van der Waals surface area contributed by atoms with Crippen LogP contribution in [-0.4, -0.2) is 34.6 Å². The predicted octanol–water partition coefficient (Wildman–Crippen LogP) is 4.46. The molecule has 0 aromatic carbocycles. The molecule has 3 nitrogen and oxygen atoms in total. The van der Waals surface area contributed by atoms with Gasteiger partial charge in [-0.1, -0.05) is 6.92 Å². The fraction of sp³-hybridized carbons (Fsp3) is 1.00. The second-order valence-corrected chi connectivity index (χ2v) is 10.8. The Balaban J connectivity index is 1.95. The van der Waals surface area contributed by atoms with Crippen LogP contribution in [0.1, 0.15) is 53.9 Å². The van der Waals surface area contributed by atoms with Crippen LogP contribution in [-0.2, 0) is 12.5 Å². The van der Waals surface area contributed by atoms with Gasteiger partial charge in [0.1, 0.15) is 0 Å². The molecule has 0 aliphatic carbocycles. The highest BCUT2D eigenvalue weighted by Gasteiger charge is 2.39. The lowest BCUT2D eigenvalue weighted by molar-refractivity contribution is 0.0274. The maximum Gasteiger partial charge on any atom is 0.0976 e. The maximum absolute atomic E-state index is 6.34. The van der Waals surface area contributed by atoms with E-state index in [1.165, 1.54) is 6.42 Å². The Labute approximate surface area is 124 Å². The Kier molecular flexibility index (Phi) is 5.51. The molecule has 2 aliphatic heterocycles. The Morgan fingerprint density at radius 2 is 2.00 bits per heavy atom. The summed E-state index contributed by atoms with van der Waals surface area (Å²) in [6.45, 7) is 11.8. The first-order chi connectivity index (χ1) is 8.94. The molecule has 0 spiro atoms. The Morgan fingerprint density at radius 3 is 2.53 bits per heavy atom. The first kappa shape index (κ1) is 16.0. The van der Waals surface area contributed by atoms with Crippen molar-refractivity contribution >= 4 is 22.6 Å². The van der Waals surface area contributed by atoms with Gasteiger partial charge in [0.2, 0.25) is 0 Å². The molecule has 114 valence electrons. The summed E-state index contributed by atoms with van der Waals surface area (Å²) in [6, 6.07) is 0. The minimum absolute atomic E-state index is 0.262. The van der Waals surface area contributed by atoms with Crippen LogP contribution >= 0.6 is 22.6 Å². The van der Waals surface area contributed by atoms with Crippen LogP contribution in [0, 0.1) is 0 Å². The number of hydrogen-bond acceptors (Lipinski definition) is 4. The maximum atomic E-state index is 6.34. The third-order valence-corrected chi connectivity index (χ3v) is 8.77. The molecule has 19 heavy (non-hydrogen) atoms. The molecule has 2 heterocycles. The minimum atomic E-state index is -1.45. The van der Waals surface area contributed by atoms with Gasteiger partial charge in [-0.3, -0.25) is 4.18 Å². The predicted molar refractivity (Wildman–Crippen MR) is 84.5 cm³/mol. The third kappa shape index (κ3) is 3.62. The van der Waals surface area contributed by atoms with E-state index in [1.807, 2.05) is 0 Å². The van der Waals surface area contributed by atoms with Gasteiger partial charge >= 0.3 is 0 Å². The topological polar surface area (TPSA) is 27.7 Å². The minimum Gasteiger partial charge on any atom is -0.373 e. The van der Waals surface area contributed by atoms with E-state index in [0.717, 1.165) is 12.8 Å². The molecule has 2 saturated heterocycles. The van der Waals surface area contributed by atoms with Crippen LogP contribution in [0.4, 0.5) is 0 Å². The van der Waals surface area contributed by atoms with Gasteiger partial charge in [0.15, 0.2) is 0 Å². The molecular formula is C14H28O3S2. The van der Waals surface area contributed by atoms with Gasteiger partial charge < -0.3 is 4.74 Å². The summed E-state index contributed by atoms with van der Waals surface area (Å²) in [5.41, 5.74) is 0. The summed E-state index contributed by atoms with van der Waals surface area (Å²) in [5.74, 6) is 0. The van der Waals surface area contributed by atoms with Gasteiger partial charge in [-0.25, -0.2) is 3.63 Å². The standard InChI is InChI=1S/C14H28O3S2/c1-10(2)19(13(5)8-12(4)18-17-19)15-9-14-7-6-11(3)16-14/h10-14H,6-9H2,1-5H3/t11?,12?,13?,14-/m0/s1. The van der Waals surface area contributed by atoms with Crippen molar-refractivity contribution in [3.8, 4) is 0 Å². The molecule has 2 aliphatic rings. The fourth-order valence-corrected chi connectivity index (χ4v) is 8.04. The monoisotopic (exact) mass is 308 g/mol. The SMILES string of the molecule is CC1CC[C@@H](COS2(C(C)C)OSC(C)CC2C)O1. The van der Waals surface area contributed by atoms with Gasteiger partial charge in [-0.15, -0.1) is 0 Å². The van der Waals surface area contributed by atoms with Crippen molar-refractivity contribution in [1.82, 2.24) is 0 Å². The third-order valence-electron chi connectivity index (χ3n) is 3.95. The summed E-state index contributed by atoms with van der Waals surface area (Å²) in [7, 11) is -1.45. The Hall–Kier alpha value is 0.580. The Bertz CT molecular complexity index is 300. The highest BCUT2D eigenvalue weighted by atomic mass is 32.3. The van der Waals surface area contributed by atoms with Gasteiger partial charge in [0, 0.05) is 27.8 Å². The first-order valence-electron chi connectivity index (χ1n) is 7.40. The summed E-state index contributed by atoms with van der Waals surface area (Å²) in [4.78, 5) is 0. The first-order valence-corrected chi connectivity index (χ1v) is 9.81. The number of hydrogen-bond donors (Lipinski definition) is 0. The fourth-order valence-electron chi connectivity index (χ4n) is 2.84. The average Bonchev–Trinajstić information content (AvgIpc) is 2.74. The second kappa shape index (κ2) is 6.56. The Morgan fingerprint density at radius 1 is 1.26 bits per heavy atom. The van der Waals surface area contributed by atoms with Crippen LogP contribution in [0.2, 0.25) is 0 Å². The van der Waals surface area contributed by atoms with Crippen LogP contribution in [0.3, 0.4) is 0 Å². The van der Waals surface area contributed by atoms with Crippen molar-refractivity contribution in [2.45, 2.75) is 81.8 Å². The van der Waals surface area contributed by atoms with Gasteiger partial charge in [-0.05, 0) is 47.0 Å². The zero-order valence-corrected chi connectivity index (χ0v) is 14.4. The van der Waals surface area contributed by atoms with E-state index in [2.05, 4.69) is 34.6 Å². The summed E-state index contributed by atoms with van der Waals surface area (Å²) in [6.07, 6.45) is 4.10. The van der Waals surface area contributed by atoms with Crippen LogP contribution in [0.5, 0.6) is 0 Å². The van der Waals surface area contributed by atoms with Crippen LogP contribution in [0.25, 0.3) is 0 Å². The zero-order valence-electron chi connectivity index (χ0n) is 12.8. The zero-order chi connectivity index (χ0) is 14.0. The lowest BCUT2D eigenvalue weighted by Gasteiger charge is -2.53. The lowest BCUT2D eigenvalue weighted by atomic mass is 10.2. The number of rotatable bonds is 4. The lowest BCUT2D eigenvalue weighted by Crippen LogP contribution is -2.34. The molecule has 0 N–H and O–H groups in total. The molecule has 0 saturated carbocycles. The van der Waals surface area contributed by atoms with Crippen LogP contribution < -0.4 is 0 Å². The van der Waals surface area contributed by atoms with Crippen molar-refractivity contribution in [1.29, 1.82) is 0 Å². The molecule has 5 heteroatoms. The smallest absolute Gasteiger partial charge is 0.0976 e. The molecule has 5 atom stereocenters. The van der Waals surface area contributed by atoms with E-state index in [-0.39, 0.29) is 6.10 Å². The van der Waals surface area contributed by atoms with Crippen LogP contribution in [0.15, 0.2) is 0 Å². The van der Waals surface area contributed by atoms with Gasteiger partial charge in [0.25, 0.3) is 0 Å². The molecule has 0 radical (unpaired) electrons. The summed E-state index contributed by atoms with van der Waals surface area (Å²) in [5, 5.41) is 1.50. The average molecular weight is 309 g/mol. The summed E-state index contributed by atoms with van der Waals surface area (Å²) >= 11 is 1.61. The molecule has 2 rings (SSSR count). The van der Waals surface area contributed by atoms with Crippen molar-refractivity contribution in [3.63, 3.8) is 0 Å². The van der Waals surface area contributed by atoms with Crippen molar-refractivity contribution in [2.75, 3.05) is 6.61 Å². The highest BCUT2D eigenvalue weighted by molar-refractivity contribution is 8.31. The van der Waals surface area contributed by atoms with E-state index >= 15 is 0 Å². The van der Waals surface area contributed by atoms with Gasteiger partial charge in [0.05, 0.1) is 18.8 Å². The second-order valence-electron chi connectivity index (χ2n) is 6.09. The number of ether oxygens (including phenoxy) is 1. The van der Waals surface area contributed by atoms with E-state index in [1.54, 1.807) is 12.0 Å². The molecule has 2 fully saturated rings. The largest absolute Gasteiger partial charge is 0.373 e. The quantitative estimate of drug-likeness (QED) is 0.717.